The zero-order valence-electron chi connectivity index (χ0n) is 15.3. The number of benzene rings is 1. The van der Waals surface area contributed by atoms with Gasteiger partial charge >= 0.3 is 5.97 Å². The minimum atomic E-state index is -3.25. The average molecular weight is 392 g/mol. The smallest absolute Gasteiger partial charge is 0.330 e. The Bertz CT molecular complexity index is 942. The molecule has 2 heterocycles. The summed E-state index contributed by atoms with van der Waals surface area (Å²) in [5, 5.41) is 4.87. The van der Waals surface area contributed by atoms with Crippen LogP contribution in [-0.2, 0) is 24.1 Å². The number of ether oxygens (including phenoxy) is 2. The maximum Gasteiger partial charge on any atom is 0.330 e. The van der Waals surface area contributed by atoms with Crippen molar-refractivity contribution in [3.63, 3.8) is 0 Å². The molecule has 1 atom stereocenters. The molecular formula is C19H24N2O5S. The minimum Gasteiger partial charge on any atom is -0.467 e. The van der Waals surface area contributed by atoms with Crippen LogP contribution in [0.1, 0.15) is 38.1 Å². The highest BCUT2D eigenvalue weighted by molar-refractivity contribution is 7.92. The Morgan fingerprint density at radius 2 is 2.04 bits per heavy atom. The summed E-state index contributed by atoms with van der Waals surface area (Å²) in [5.41, 5.74) is 0.743. The van der Waals surface area contributed by atoms with Crippen LogP contribution in [0.25, 0.3) is 10.9 Å². The van der Waals surface area contributed by atoms with Crippen LogP contribution >= 0.6 is 0 Å². The van der Waals surface area contributed by atoms with E-state index in [1.807, 2.05) is 0 Å². The minimum absolute atomic E-state index is 0.249. The first kappa shape index (κ1) is 18.4. The van der Waals surface area contributed by atoms with E-state index in [-0.39, 0.29) is 11.2 Å². The first-order chi connectivity index (χ1) is 13.0. The second kappa shape index (κ2) is 7.24. The molecule has 2 fully saturated rings. The maximum atomic E-state index is 12.5. The molecule has 1 aliphatic heterocycles. The SMILES string of the molecule is COC(=O)C(CC1CCOCC1)n1ncc2cc(S(=O)(=O)C3CC3)ccc21. The lowest BCUT2D eigenvalue weighted by molar-refractivity contribution is -0.145. The fourth-order valence-corrected chi connectivity index (χ4v) is 5.45. The first-order valence-electron chi connectivity index (χ1n) is 9.37. The van der Waals surface area contributed by atoms with Gasteiger partial charge in [0.05, 0.1) is 29.0 Å². The standard InChI is InChI=1S/C19H24N2O5S/c1-25-19(22)18(10-13-6-8-26-9-7-13)21-17-5-4-16(11-14(17)12-20-21)27(23,24)15-2-3-15/h4-5,11-13,15,18H,2-3,6-10H2,1H3. The molecule has 2 aromatic rings. The van der Waals surface area contributed by atoms with Gasteiger partial charge < -0.3 is 9.47 Å². The fourth-order valence-electron chi connectivity index (χ4n) is 3.76. The second-order valence-electron chi connectivity index (χ2n) is 7.38. The van der Waals surface area contributed by atoms with Crippen molar-refractivity contribution in [2.45, 2.75) is 48.3 Å². The Morgan fingerprint density at radius 3 is 2.70 bits per heavy atom. The molecule has 1 aliphatic carbocycles. The molecule has 0 N–H and O–H groups in total. The number of hydrogen-bond acceptors (Lipinski definition) is 6. The topological polar surface area (TPSA) is 87.5 Å². The third-order valence-electron chi connectivity index (χ3n) is 5.52. The molecular weight excluding hydrogens is 368 g/mol. The van der Waals surface area contributed by atoms with E-state index in [0.29, 0.717) is 30.4 Å². The van der Waals surface area contributed by atoms with Gasteiger partial charge in [-0.1, -0.05) is 0 Å². The monoisotopic (exact) mass is 392 g/mol. The van der Waals surface area contributed by atoms with Crippen LogP contribution in [0.3, 0.4) is 0 Å². The summed E-state index contributed by atoms with van der Waals surface area (Å²) in [5.74, 6) is 0.0396. The van der Waals surface area contributed by atoms with Crippen LogP contribution in [0, 0.1) is 5.92 Å². The molecule has 0 amide bonds. The van der Waals surface area contributed by atoms with E-state index >= 15 is 0 Å². The molecule has 0 spiro atoms. The molecule has 1 unspecified atom stereocenters. The Hall–Kier alpha value is -1.93. The molecule has 4 rings (SSSR count). The molecule has 27 heavy (non-hydrogen) atoms. The van der Waals surface area contributed by atoms with Crippen molar-refractivity contribution in [3.8, 4) is 0 Å². The number of methoxy groups -OCH3 is 1. The van der Waals surface area contributed by atoms with Gasteiger partial charge in [0.1, 0.15) is 6.04 Å². The normalized spacial score (nSPS) is 19.9. The number of nitrogens with zero attached hydrogens (tertiary/aromatic N) is 2. The third kappa shape index (κ3) is 3.60. The number of carbonyl (C=O) groups is 1. The molecule has 0 bridgehead atoms. The molecule has 1 saturated heterocycles. The summed E-state index contributed by atoms with van der Waals surface area (Å²) in [6, 6.07) is 4.51. The number of hydrogen-bond donors (Lipinski definition) is 0. The molecule has 146 valence electrons. The van der Waals surface area contributed by atoms with E-state index in [4.69, 9.17) is 9.47 Å². The number of aromatic nitrogens is 2. The van der Waals surface area contributed by atoms with Crippen LogP contribution in [-0.4, -0.2) is 49.7 Å². The lowest BCUT2D eigenvalue weighted by Crippen LogP contribution is -2.27. The van der Waals surface area contributed by atoms with Crippen LogP contribution in [0.15, 0.2) is 29.3 Å². The number of carbonyl (C=O) groups excluding carboxylic acids is 1. The van der Waals surface area contributed by atoms with Crippen LogP contribution in [0.2, 0.25) is 0 Å². The number of esters is 1. The van der Waals surface area contributed by atoms with Crippen LogP contribution in [0.5, 0.6) is 0 Å². The third-order valence-corrected chi connectivity index (χ3v) is 7.78. The summed E-state index contributed by atoms with van der Waals surface area (Å²) >= 11 is 0. The highest BCUT2D eigenvalue weighted by Crippen LogP contribution is 2.35. The lowest BCUT2D eigenvalue weighted by atomic mass is 9.92. The predicted molar refractivity (Wildman–Crippen MR) is 99.2 cm³/mol. The van der Waals surface area contributed by atoms with Crippen molar-refractivity contribution in [2.75, 3.05) is 20.3 Å². The average Bonchev–Trinajstić information content (AvgIpc) is 3.47. The molecule has 7 nitrogen and oxygen atoms in total. The van der Waals surface area contributed by atoms with Crippen molar-refractivity contribution in [1.82, 2.24) is 9.78 Å². The van der Waals surface area contributed by atoms with E-state index in [9.17, 15) is 13.2 Å². The summed E-state index contributed by atoms with van der Waals surface area (Å²) < 4.78 is 37.1. The van der Waals surface area contributed by atoms with Crippen molar-refractivity contribution < 1.29 is 22.7 Å². The summed E-state index contributed by atoms with van der Waals surface area (Å²) in [7, 11) is -1.87. The summed E-state index contributed by atoms with van der Waals surface area (Å²) in [4.78, 5) is 12.8. The Balaban J connectivity index is 1.66. The van der Waals surface area contributed by atoms with Gasteiger partial charge in [-0.05, 0) is 56.2 Å². The summed E-state index contributed by atoms with van der Waals surface area (Å²) in [6.07, 6.45) is 5.55. The van der Waals surface area contributed by atoms with E-state index in [2.05, 4.69) is 5.10 Å². The highest BCUT2D eigenvalue weighted by atomic mass is 32.2. The van der Waals surface area contributed by atoms with Crippen LogP contribution in [0.4, 0.5) is 0 Å². The summed E-state index contributed by atoms with van der Waals surface area (Å²) in [6.45, 7) is 1.42. The van der Waals surface area contributed by atoms with E-state index < -0.39 is 15.9 Å². The second-order valence-corrected chi connectivity index (χ2v) is 9.61. The Morgan fingerprint density at radius 1 is 1.30 bits per heavy atom. The predicted octanol–water partition coefficient (Wildman–Crippen LogP) is 2.50. The quantitative estimate of drug-likeness (QED) is 0.702. The molecule has 1 aromatic heterocycles. The van der Waals surface area contributed by atoms with Crippen molar-refractivity contribution in [1.29, 1.82) is 0 Å². The van der Waals surface area contributed by atoms with Crippen molar-refractivity contribution in [3.05, 3.63) is 24.4 Å². The molecule has 2 aliphatic rings. The van der Waals surface area contributed by atoms with Gasteiger partial charge in [-0.15, -0.1) is 0 Å². The Kier molecular flexibility index (Phi) is 4.94. The van der Waals surface area contributed by atoms with Gasteiger partial charge in [0.15, 0.2) is 9.84 Å². The lowest BCUT2D eigenvalue weighted by Gasteiger charge is -2.26. The molecule has 1 saturated carbocycles. The van der Waals surface area contributed by atoms with Gasteiger partial charge in [0, 0.05) is 18.6 Å². The van der Waals surface area contributed by atoms with Gasteiger partial charge in [-0.25, -0.2) is 13.2 Å². The van der Waals surface area contributed by atoms with Crippen LogP contribution < -0.4 is 0 Å². The number of rotatable bonds is 6. The molecule has 0 radical (unpaired) electrons. The van der Waals surface area contributed by atoms with Gasteiger partial charge in [0.2, 0.25) is 0 Å². The van der Waals surface area contributed by atoms with Gasteiger partial charge in [-0.2, -0.15) is 5.10 Å². The van der Waals surface area contributed by atoms with Gasteiger partial charge in [-0.3, -0.25) is 4.68 Å². The zero-order chi connectivity index (χ0) is 19.0. The number of fused-ring (bicyclic) bond motifs is 1. The van der Waals surface area contributed by atoms with Crippen molar-refractivity contribution >= 4 is 26.7 Å². The van der Waals surface area contributed by atoms with E-state index in [0.717, 1.165) is 36.6 Å². The maximum absolute atomic E-state index is 12.5. The van der Waals surface area contributed by atoms with E-state index in [1.54, 1.807) is 29.1 Å². The Labute approximate surface area is 158 Å². The highest BCUT2D eigenvalue weighted by Gasteiger charge is 2.37. The fraction of sp³-hybridized carbons (Fsp3) is 0.579. The van der Waals surface area contributed by atoms with E-state index in [1.165, 1.54) is 7.11 Å². The molecule has 1 aromatic carbocycles. The van der Waals surface area contributed by atoms with Crippen molar-refractivity contribution in [2.24, 2.45) is 5.92 Å². The first-order valence-corrected chi connectivity index (χ1v) is 10.9. The number of sulfone groups is 1. The zero-order valence-corrected chi connectivity index (χ0v) is 16.2. The van der Waals surface area contributed by atoms with Gasteiger partial charge in [0.25, 0.3) is 0 Å². The largest absolute Gasteiger partial charge is 0.467 e. The molecule has 8 heteroatoms.